The molecule has 31 heavy (non-hydrogen) atoms. The number of benzene rings is 1. The lowest BCUT2D eigenvalue weighted by Gasteiger charge is -2.17. The van der Waals surface area contributed by atoms with Crippen LogP contribution >= 0.6 is 11.8 Å². The number of anilines is 2. The summed E-state index contributed by atoms with van der Waals surface area (Å²) in [4.78, 5) is 17.2. The third-order valence-corrected chi connectivity index (χ3v) is 6.23. The van der Waals surface area contributed by atoms with Gasteiger partial charge in [-0.05, 0) is 55.7 Å². The summed E-state index contributed by atoms with van der Waals surface area (Å²) in [5, 5.41) is 22.1. The average molecular weight is 432 g/mol. The maximum absolute atomic E-state index is 12.9. The van der Waals surface area contributed by atoms with Gasteiger partial charge in [0.25, 0.3) is 0 Å². The van der Waals surface area contributed by atoms with E-state index in [0.717, 1.165) is 22.9 Å². The smallest absolute Gasteiger partial charge is 0.237 e. The standard InChI is InChI=1S/C23H21N5O2S/c1-4-19(22(29)27-15-8-7-13(2)14(3)10-15)31-23-17(12-25)20(18-6-5-9-30-18)16(11-24)21(26)28-23/h5-10,19H,4H2,1-3H3,(H2,26,28)(H,27,29). The molecular weight excluding hydrogens is 410 g/mol. The second-order valence-electron chi connectivity index (χ2n) is 6.93. The molecule has 0 aliphatic carbocycles. The lowest BCUT2D eigenvalue weighted by molar-refractivity contribution is -0.115. The molecule has 3 N–H and O–H groups in total. The summed E-state index contributed by atoms with van der Waals surface area (Å²) in [6.45, 7) is 5.87. The Morgan fingerprint density at radius 1 is 1.23 bits per heavy atom. The van der Waals surface area contributed by atoms with Crippen LogP contribution in [0.1, 0.15) is 35.6 Å². The van der Waals surface area contributed by atoms with E-state index in [1.54, 1.807) is 12.1 Å². The van der Waals surface area contributed by atoms with Gasteiger partial charge < -0.3 is 15.5 Å². The van der Waals surface area contributed by atoms with Crippen molar-refractivity contribution in [2.24, 2.45) is 0 Å². The van der Waals surface area contributed by atoms with Crippen LogP contribution in [0.5, 0.6) is 0 Å². The summed E-state index contributed by atoms with van der Waals surface area (Å²) >= 11 is 1.14. The Hall–Kier alpha value is -3.75. The second-order valence-corrected chi connectivity index (χ2v) is 8.12. The van der Waals surface area contributed by atoms with E-state index >= 15 is 0 Å². The molecule has 0 aliphatic rings. The third-order valence-electron chi connectivity index (χ3n) is 4.87. The highest BCUT2D eigenvalue weighted by atomic mass is 32.2. The van der Waals surface area contributed by atoms with E-state index in [9.17, 15) is 15.3 Å². The van der Waals surface area contributed by atoms with Crippen LogP contribution in [0.4, 0.5) is 11.5 Å². The normalized spacial score (nSPS) is 11.4. The molecule has 1 aromatic carbocycles. The van der Waals surface area contributed by atoms with Gasteiger partial charge in [0.15, 0.2) is 0 Å². The number of carbonyl (C=O) groups excluding carboxylic acids is 1. The maximum Gasteiger partial charge on any atom is 0.237 e. The number of aromatic nitrogens is 1. The van der Waals surface area contributed by atoms with Gasteiger partial charge in [-0.15, -0.1) is 0 Å². The predicted octanol–water partition coefficient (Wildman–Crippen LogP) is 4.79. The van der Waals surface area contributed by atoms with Gasteiger partial charge in [-0.2, -0.15) is 10.5 Å². The fourth-order valence-electron chi connectivity index (χ4n) is 3.05. The van der Waals surface area contributed by atoms with Gasteiger partial charge in [0.05, 0.1) is 22.6 Å². The van der Waals surface area contributed by atoms with Crippen molar-refractivity contribution in [3.8, 4) is 23.5 Å². The van der Waals surface area contributed by atoms with Crippen molar-refractivity contribution in [2.45, 2.75) is 37.5 Å². The number of rotatable bonds is 6. The van der Waals surface area contributed by atoms with Gasteiger partial charge in [0.2, 0.25) is 5.91 Å². The highest BCUT2D eigenvalue weighted by Gasteiger charge is 2.26. The Morgan fingerprint density at radius 3 is 2.55 bits per heavy atom. The number of nitriles is 2. The summed E-state index contributed by atoms with van der Waals surface area (Å²) in [6, 6.07) is 13.1. The number of carbonyl (C=O) groups is 1. The molecule has 2 heterocycles. The fourth-order valence-corrected chi connectivity index (χ4v) is 4.07. The zero-order chi connectivity index (χ0) is 22.5. The summed E-state index contributed by atoms with van der Waals surface area (Å²) in [5.41, 5.74) is 9.45. The number of hydrogen-bond acceptors (Lipinski definition) is 7. The van der Waals surface area contributed by atoms with Crippen LogP contribution in [0, 0.1) is 36.5 Å². The number of thioether (sulfide) groups is 1. The number of hydrogen-bond donors (Lipinski definition) is 2. The molecule has 7 nitrogen and oxygen atoms in total. The van der Waals surface area contributed by atoms with Gasteiger partial charge in [0, 0.05) is 5.69 Å². The van der Waals surface area contributed by atoms with Gasteiger partial charge in [-0.25, -0.2) is 4.98 Å². The van der Waals surface area contributed by atoms with Crippen molar-refractivity contribution < 1.29 is 9.21 Å². The molecule has 0 radical (unpaired) electrons. The van der Waals surface area contributed by atoms with Gasteiger partial charge in [-0.1, -0.05) is 24.8 Å². The molecule has 1 amide bonds. The molecule has 1 unspecified atom stereocenters. The number of nitrogens with one attached hydrogen (secondary N) is 1. The minimum atomic E-state index is -0.516. The lowest BCUT2D eigenvalue weighted by atomic mass is 10.0. The third kappa shape index (κ3) is 4.55. The first-order chi connectivity index (χ1) is 14.9. The van der Waals surface area contributed by atoms with Gasteiger partial charge in [-0.3, -0.25) is 4.79 Å². The molecule has 0 spiro atoms. The first-order valence-corrected chi connectivity index (χ1v) is 10.5. The number of nitrogens with zero attached hydrogens (tertiary/aromatic N) is 3. The Kier molecular flexibility index (Phi) is 6.64. The summed E-state index contributed by atoms with van der Waals surface area (Å²) in [6.07, 6.45) is 1.96. The Balaban J connectivity index is 1.96. The Bertz CT molecular complexity index is 1210. The van der Waals surface area contributed by atoms with Gasteiger partial charge >= 0.3 is 0 Å². The first kappa shape index (κ1) is 21.9. The monoisotopic (exact) mass is 431 g/mol. The van der Waals surface area contributed by atoms with Crippen LogP contribution in [-0.2, 0) is 4.79 Å². The summed E-state index contributed by atoms with van der Waals surface area (Å²) in [7, 11) is 0. The first-order valence-electron chi connectivity index (χ1n) is 9.61. The van der Waals surface area contributed by atoms with E-state index < -0.39 is 5.25 Å². The van der Waals surface area contributed by atoms with Gasteiger partial charge in [0.1, 0.15) is 34.3 Å². The predicted molar refractivity (Wildman–Crippen MR) is 120 cm³/mol. The zero-order valence-electron chi connectivity index (χ0n) is 17.4. The molecule has 0 aliphatic heterocycles. The topological polar surface area (TPSA) is 129 Å². The number of nitrogens with two attached hydrogens (primary N) is 1. The molecular formula is C23H21N5O2S. The summed E-state index contributed by atoms with van der Waals surface area (Å²) in [5.74, 6) is 0.125. The molecule has 0 saturated carbocycles. The SMILES string of the molecule is CCC(Sc1nc(N)c(C#N)c(-c2ccco2)c1C#N)C(=O)Nc1ccc(C)c(C)c1. The second kappa shape index (κ2) is 9.38. The largest absolute Gasteiger partial charge is 0.464 e. The number of furan rings is 1. The quantitative estimate of drug-likeness (QED) is 0.537. The molecule has 156 valence electrons. The highest BCUT2D eigenvalue weighted by Crippen LogP contribution is 2.37. The van der Waals surface area contributed by atoms with Crippen LogP contribution in [0.3, 0.4) is 0 Å². The van der Waals surface area contributed by atoms with Crippen molar-refractivity contribution in [3.05, 3.63) is 58.8 Å². The van der Waals surface area contributed by atoms with Crippen LogP contribution in [0.2, 0.25) is 0 Å². The Morgan fingerprint density at radius 2 is 1.97 bits per heavy atom. The van der Waals surface area contributed by atoms with Crippen LogP contribution < -0.4 is 11.1 Å². The fraction of sp³-hybridized carbons (Fsp3) is 0.217. The molecule has 0 fully saturated rings. The minimum absolute atomic E-state index is 0.0141. The van der Waals surface area contributed by atoms with E-state index in [2.05, 4.69) is 16.4 Å². The van der Waals surface area contributed by atoms with Crippen LogP contribution in [0.25, 0.3) is 11.3 Å². The van der Waals surface area contributed by atoms with E-state index in [0.29, 0.717) is 17.9 Å². The molecule has 2 aromatic heterocycles. The minimum Gasteiger partial charge on any atom is -0.464 e. The summed E-state index contributed by atoms with van der Waals surface area (Å²) < 4.78 is 5.42. The van der Waals surface area contributed by atoms with E-state index in [1.165, 1.54) is 6.26 Å². The molecule has 8 heteroatoms. The average Bonchev–Trinajstić information content (AvgIpc) is 3.28. The van der Waals surface area contributed by atoms with Crippen molar-refractivity contribution in [1.82, 2.24) is 4.98 Å². The lowest BCUT2D eigenvalue weighted by Crippen LogP contribution is -2.25. The number of amides is 1. The molecule has 0 saturated heterocycles. The maximum atomic E-state index is 12.9. The Labute approximate surface area is 184 Å². The van der Waals surface area contributed by atoms with E-state index in [4.69, 9.17) is 10.2 Å². The van der Waals surface area contributed by atoms with Crippen molar-refractivity contribution in [3.63, 3.8) is 0 Å². The molecule has 1 atom stereocenters. The van der Waals surface area contributed by atoms with Crippen LogP contribution in [-0.4, -0.2) is 16.1 Å². The zero-order valence-corrected chi connectivity index (χ0v) is 18.2. The number of nitrogen functional groups attached to an aromatic ring is 1. The number of pyridine rings is 1. The molecule has 3 rings (SSSR count). The van der Waals surface area contributed by atoms with E-state index in [-0.39, 0.29) is 33.4 Å². The molecule has 3 aromatic rings. The highest BCUT2D eigenvalue weighted by molar-refractivity contribution is 8.00. The van der Waals surface area contributed by atoms with E-state index in [1.807, 2.05) is 45.0 Å². The van der Waals surface area contributed by atoms with Crippen molar-refractivity contribution >= 4 is 29.2 Å². The van der Waals surface area contributed by atoms with Crippen LogP contribution in [0.15, 0.2) is 46.0 Å². The van der Waals surface area contributed by atoms with Crippen molar-refractivity contribution in [2.75, 3.05) is 11.1 Å². The molecule has 0 bridgehead atoms. The number of aryl methyl sites for hydroxylation is 2. The van der Waals surface area contributed by atoms with Crippen molar-refractivity contribution in [1.29, 1.82) is 10.5 Å².